The number of aliphatic hydroxyl groups is 1. The molecule has 2 aromatic carbocycles. The predicted octanol–water partition coefficient (Wildman–Crippen LogP) is 3.05. The fourth-order valence-corrected chi connectivity index (χ4v) is 2.75. The van der Waals surface area contributed by atoms with E-state index in [0.29, 0.717) is 12.3 Å². The Morgan fingerprint density at radius 3 is 2.71 bits per heavy atom. The van der Waals surface area contributed by atoms with Crippen molar-refractivity contribution in [1.29, 1.82) is 0 Å². The first kappa shape index (κ1) is 16.3. The van der Waals surface area contributed by atoms with Crippen LogP contribution in [0, 0.1) is 0 Å². The predicted molar refractivity (Wildman–Crippen MR) is 93.6 cm³/mol. The molecule has 1 aromatic heterocycles. The zero-order valence-corrected chi connectivity index (χ0v) is 14.0. The topological polar surface area (TPSA) is 56.5 Å². The number of benzene rings is 2. The van der Waals surface area contributed by atoms with E-state index in [1.165, 1.54) is 0 Å². The molecular formula is C19H22N2O3. The third-order valence-electron chi connectivity index (χ3n) is 3.93. The van der Waals surface area contributed by atoms with E-state index in [0.717, 1.165) is 29.0 Å². The number of methoxy groups -OCH3 is 1. The van der Waals surface area contributed by atoms with Gasteiger partial charge in [0.1, 0.15) is 30.0 Å². The molecule has 1 unspecified atom stereocenters. The Hall–Kier alpha value is -2.53. The molecule has 5 heteroatoms. The minimum atomic E-state index is -0.626. The van der Waals surface area contributed by atoms with Crippen molar-refractivity contribution in [1.82, 2.24) is 9.55 Å². The molecule has 1 atom stereocenters. The van der Waals surface area contributed by atoms with Crippen LogP contribution in [0.25, 0.3) is 11.0 Å². The van der Waals surface area contributed by atoms with Crippen LogP contribution in [-0.4, -0.2) is 34.5 Å². The molecule has 1 heterocycles. The molecule has 3 aromatic rings. The smallest absolute Gasteiger partial charge is 0.123 e. The Morgan fingerprint density at radius 1 is 1.12 bits per heavy atom. The van der Waals surface area contributed by atoms with Gasteiger partial charge in [0.05, 0.1) is 24.7 Å². The number of rotatable bonds is 7. The third-order valence-corrected chi connectivity index (χ3v) is 3.93. The first-order chi connectivity index (χ1) is 11.7. The second-order valence-electron chi connectivity index (χ2n) is 5.62. The van der Waals surface area contributed by atoms with Crippen LogP contribution < -0.4 is 9.47 Å². The second kappa shape index (κ2) is 7.36. The summed E-state index contributed by atoms with van der Waals surface area (Å²) in [5, 5.41) is 10.4. The molecule has 0 spiro atoms. The second-order valence-corrected chi connectivity index (χ2v) is 5.62. The number of ether oxygens (including phenoxy) is 2. The summed E-state index contributed by atoms with van der Waals surface area (Å²) in [7, 11) is 1.62. The van der Waals surface area contributed by atoms with Gasteiger partial charge >= 0.3 is 0 Å². The van der Waals surface area contributed by atoms with Crippen LogP contribution in [0.4, 0.5) is 0 Å². The van der Waals surface area contributed by atoms with E-state index >= 15 is 0 Å². The molecular weight excluding hydrogens is 304 g/mol. The van der Waals surface area contributed by atoms with Gasteiger partial charge in [-0.3, -0.25) is 0 Å². The van der Waals surface area contributed by atoms with E-state index in [1.54, 1.807) is 13.2 Å². The molecule has 0 aliphatic carbocycles. The van der Waals surface area contributed by atoms with Crippen molar-refractivity contribution in [2.45, 2.75) is 26.0 Å². The van der Waals surface area contributed by atoms with Crippen LogP contribution in [-0.2, 0) is 13.0 Å². The highest BCUT2D eigenvalue weighted by Gasteiger charge is 2.13. The normalized spacial score (nSPS) is 12.3. The third kappa shape index (κ3) is 3.51. The summed E-state index contributed by atoms with van der Waals surface area (Å²) >= 11 is 0. The molecule has 0 bridgehead atoms. The lowest BCUT2D eigenvalue weighted by Crippen LogP contribution is -2.24. The molecule has 5 nitrogen and oxygen atoms in total. The molecule has 0 radical (unpaired) electrons. The molecule has 0 saturated heterocycles. The minimum Gasteiger partial charge on any atom is -0.497 e. The van der Waals surface area contributed by atoms with E-state index in [4.69, 9.17) is 9.47 Å². The first-order valence-electron chi connectivity index (χ1n) is 8.10. The summed E-state index contributed by atoms with van der Waals surface area (Å²) in [6, 6.07) is 15.3. The highest BCUT2D eigenvalue weighted by molar-refractivity contribution is 5.75. The van der Waals surface area contributed by atoms with E-state index in [1.807, 2.05) is 42.5 Å². The van der Waals surface area contributed by atoms with Gasteiger partial charge in [0.15, 0.2) is 0 Å². The van der Waals surface area contributed by atoms with Gasteiger partial charge in [-0.25, -0.2) is 4.98 Å². The summed E-state index contributed by atoms with van der Waals surface area (Å²) in [5.41, 5.74) is 1.99. The first-order valence-corrected chi connectivity index (χ1v) is 8.10. The molecule has 126 valence electrons. The van der Waals surface area contributed by atoms with Gasteiger partial charge in [-0.2, -0.15) is 0 Å². The van der Waals surface area contributed by atoms with Crippen molar-refractivity contribution in [2.75, 3.05) is 13.7 Å². The highest BCUT2D eigenvalue weighted by atomic mass is 16.5. The lowest BCUT2D eigenvalue weighted by atomic mass is 10.3. The van der Waals surface area contributed by atoms with Crippen LogP contribution in [0.15, 0.2) is 48.5 Å². The van der Waals surface area contributed by atoms with Crippen LogP contribution in [0.2, 0.25) is 0 Å². The maximum Gasteiger partial charge on any atom is 0.123 e. The van der Waals surface area contributed by atoms with Crippen LogP contribution >= 0.6 is 0 Å². The van der Waals surface area contributed by atoms with E-state index in [2.05, 4.69) is 16.5 Å². The summed E-state index contributed by atoms with van der Waals surface area (Å²) in [6.45, 7) is 2.73. The lowest BCUT2D eigenvalue weighted by Gasteiger charge is -2.15. The average Bonchev–Trinajstić information content (AvgIpc) is 2.98. The molecule has 3 rings (SSSR count). The maximum atomic E-state index is 10.4. The number of nitrogens with zero attached hydrogens (tertiary/aromatic N) is 2. The van der Waals surface area contributed by atoms with Crippen molar-refractivity contribution >= 4 is 11.0 Å². The van der Waals surface area contributed by atoms with Crippen molar-refractivity contribution in [2.24, 2.45) is 0 Å². The number of imidazole rings is 1. The number of fused-ring (bicyclic) bond motifs is 1. The van der Waals surface area contributed by atoms with Crippen molar-refractivity contribution in [3.8, 4) is 11.5 Å². The van der Waals surface area contributed by atoms with Gasteiger partial charge in [-0.15, -0.1) is 0 Å². The molecule has 1 N–H and O–H groups in total. The zero-order valence-electron chi connectivity index (χ0n) is 14.0. The van der Waals surface area contributed by atoms with Gasteiger partial charge in [0.25, 0.3) is 0 Å². The Kier molecular flexibility index (Phi) is 5.01. The van der Waals surface area contributed by atoms with Crippen molar-refractivity contribution in [3.05, 3.63) is 54.4 Å². The van der Waals surface area contributed by atoms with E-state index < -0.39 is 6.10 Å². The van der Waals surface area contributed by atoms with E-state index in [9.17, 15) is 5.11 Å². The summed E-state index contributed by atoms with van der Waals surface area (Å²) in [5.74, 6) is 2.38. The average molecular weight is 326 g/mol. The van der Waals surface area contributed by atoms with Gasteiger partial charge in [-0.05, 0) is 24.3 Å². The van der Waals surface area contributed by atoms with Gasteiger partial charge in [0, 0.05) is 12.5 Å². The number of aliphatic hydroxyl groups excluding tert-OH is 1. The molecule has 0 aliphatic heterocycles. The lowest BCUT2D eigenvalue weighted by molar-refractivity contribution is 0.0926. The van der Waals surface area contributed by atoms with Crippen LogP contribution in [0.3, 0.4) is 0 Å². The quantitative estimate of drug-likeness (QED) is 0.725. The summed E-state index contributed by atoms with van der Waals surface area (Å²) < 4.78 is 12.9. The molecule has 0 amide bonds. The van der Waals surface area contributed by atoms with Gasteiger partial charge < -0.3 is 19.1 Å². The van der Waals surface area contributed by atoms with Gasteiger partial charge in [0.2, 0.25) is 0 Å². The number of aromatic nitrogens is 2. The SMILES string of the molecule is CCc1nc2ccccc2n1CC(O)COc1cccc(OC)c1. The molecule has 24 heavy (non-hydrogen) atoms. The summed E-state index contributed by atoms with van der Waals surface area (Å²) in [6.07, 6.45) is 0.192. The number of para-hydroxylation sites is 2. The Balaban J connectivity index is 1.69. The maximum absolute atomic E-state index is 10.4. The Labute approximate surface area is 141 Å². The number of hydrogen-bond donors (Lipinski definition) is 1. The van der Waals surface area contributed by atoms with Crippen molar-refractivity contribution < 1.29 is 14.6 Å². The number of aryl methyl sites for hydroxylation is 1. The fourth-order valence-electron chi connectivity index (χ4n) is 2.75. The Morgan fingerprint density at radius 2 is 1.92 bits per heavy atom. The van der Waals surface area contributed by atoms with Crippen LogP contribution in [0.1, 0.15) is 12.7 Å². The molecule has 0 aliphatic rings. The molecule has 0 saturated carbocycles. The monoisotopic (exact) mass is 326 g/mol. The standard InChI is InChI=1S/C19H22N2O3/c1-3-19-20-17-9-4-5-10-18(17)21(19)12-14(22)13-24-16-8-6-7-15(11-16)23-2/h4-11,14,22H,3,12-13H2,1-2H3. The largest absolute Gasteiger partial charge is 0.497 e. The summed E-state index contributed by atoms with van der Waals surface area (Å²) in [4.78, 5) is 4.62. The fraction of sp³-hybridized carbons (Fsp3) is 0.316. The highest BCUT2D eigenvalue weighted by Crippen LogP contribution is 2.20. The molecule has 0 fully saturated rings. The number of hydrogen-bond acceptors (Lipinski definition) is 4. The van der Waals surface area contributed by atoms with Crippen LogP contribution in [0.5, 0.6) is 11.5 Å². The van der Waals surface area contributed by atoms with Gasteiger partial charge in [-0.1, -0.05) is 25.1 Å². The minimum absolute atomic E-state index is 0.211. The van der Waals surface area contributed by atoms with E-state index in [-0.39, 0.29) is 6.61 Å². The van der Waals surface area contributed by atoms with Crippen molar-refractivity contribution in [3.63, 3.8) is 0 Å². The zero-order chi connectivity index (χ0) is 16.9. The Bertz CT molecular complexity index is 813.